The van der Waals surface area contributed by atoms with Crippen molar-refractivity contribution in [1.29, 1.82) is 0 Å². The lowest BCUT2D eigenvalue weighted by Crippen LogP contribution is -2.38. The van der Waals surface area contributed by atoms with Gasteiger partial charge in [-0.15, -0.1) is 0 Å². The average molecular weight is 269 g/mol. The fourth-order valence-corrected chi connectivity index (χ4v) is 2.34. The summed E-state index contributed by atoms with van der Waals surface area (Å²) in [6.45, 7) is -0.116. The SMILES string of the molecule is O=[N+]([O-])c1cccc(F)c1OCC1(O)CCCCC1. The van der Waals surface area contributed by atoms with Crippen LogP contribution in [0.2, 0.25) is 0 Å². The van der Waals surface area contributed by atoms with E-state index < -0.39 is 27.8 Å². The van der Waals surface area contributed by atoms with Gasteiger partial charge in [-0.2, -0.15) is 0 Å². The van der Waals surface area contributed by atoms with Gasteiger partial charge >= 0.3 is 5.69 Å². The molecule has 0 spiro atoms. The zero-order chi connectivity index (χ0) is 13.9. The molecule has 1 fully saturated rings. The highest BCUT2D eigenvalue weighted by atomic mass is 19.1. The van der Waals surface area contributed by atoms with E-state index in [4.69, 9.17) is 4.74 Å². The quantitative estimate of drug-likeness (QED) is 0.673. The molecule has 0 unspecified atom stereocenters. The zero-order valence-electron chi connectivity index (χ0n) is 10.5. The molecule has 1 saturated carbocycles. The van der Waals surface area contributed by atoms with Gasteiger partial charge in [-0.3, -0.25) is 10.1 Å². The van der Waals surface area contributed by atoms with Gasteiger partial charge in [-0.1, -0.05) is 25.3 Å². The number of para-hydroxylation sites is 1. The number of halogens is 1. The van der Waals surface area contributed by atoms with Gasteiger partial charge in [0.05, 0.1) is 10.5 Å². The first-order chi connectivity index (χ1) is 9.02. The maximum absolute atomic E-state index is 13.6. The Balaban J connectivity index is 2.12. The summed E-state index contributed by atoms with van der Waals surface area (Å²) in [6.07, 6.45) is 3.99. The lowest BCUT2D eigenvalue weighted by atomic mass is 9.85. The summed E-state index contributed by atoms with van der Waals surface area (Å²) in [5, 5.41) is 21.0. The molecule has 0 bridgehead atoms. The molecule has 0 amide bonds. The van der Waals surface area contributed by atoms with Gasteiger partial charge in [0.2, 0.25) is 5.75 Å². The Morgan fingerprint density at radius 2 is 2.05 bits per heavy atom. The van der Waals surface area contributed by atoms with E-state index in [1.807, 2.05) is 0 Å². The van der Waals surface area contributed by atoms with Crippen molar-refractivity contribution in [2.45, 2.75) is 37.7 Å². The fraction of sp³-hybridized carbons (Fsp3) is 0.538. The van der Waals surface area contributed by atoms with E-state index in [-0.39, 0.29) is 6.61 Å². The number of nitro groups is 1. The molecule has 0 atom stereocenters. The molecular formula is C13H16FNO4. The Labute approximate surface area is 110 Å². The van der Waals surface area contributed by atoms with Crippen LogP contribution in [0.25, 0.3) is 0 Å². The minimum absolute atomic E-state index is 0.116. The molecule has 0 radical (unpaired) electrons. The molecule has 1 aromatic rings. The van der Waals surface area contributed by atoms with Crippen molar-refractivity contribution in [2.75, 3.05) is 6.61 Å². The van der Waals surface area contributed by atoms with Crippen LogP contribution in [0.1, 0.15) is 32.1 Å². The van der Waals surface area contributed by atoms with Crippen molar-refractivity contribution in [2.24, 2.45) is 0 Å². The fourth-order valence-electron chi connectivity index (χ4n) is 2.34. The monoisotopic (exact) mass is 269 g/mol. The second-order valence-corrected chi connectivity index (χ2v) is 4.92. The van der Waals surface area contributed by atoms with Crippen molar-refractivity contribution in [3.8, 4) is 5.75 Å². The second-order valence-electron chi connectivity index (χ2n) is 4.92. The number of hydrogen-bond donors (Lipinski definition) is 1. The molecule has 1 aromatic carbocycles. The van der Waals surface area contributed by atoms with Crippen LogP contribution in [-0.2, 0) is 0 Å². The molecule has 2 rings (SSSR count). The standard InChI is InChI=1S/C13H16FNO4/c14-10-5-4-6-11(15(17)18)12(10)19-9-13(16)7-2-1-3-8-13/h4-6,16H,1-3,7-9H2. The van der Waals surface area contributed by atoms with Gasteiger partial charge in [0.25, 0.3) is 0 Å². The first-order valence-electron chi connectivity index (χ1n) is 6.30. The minimum atomic E-state index is -1.01. The summed E-state index contributed by atoms with van der Waals surface area (Å²) in [4.78, 5) is 10.1. The summed E-state index contributed by atoms with van der Waals surface area (Å²) >= 11 is 0. The van der Waals surface area contributed by atoms with Crippen molar-refractivity contribution >= 4 is 5.69 Å². The summed E-state index contributed by atoms with van der Waals surface area (Å²) in [5.41, 5.74) is -1.42. The molecule has 19 heavy (non-hydrogen) atoms. The molecule has 104 valence electrons. The Morgan fingerprint density at radius 3 is 2.68 bits per heavy atom. The second kappa shape index (κ2) is 5.52. The van der Waals surface area contributed by atoms with Crippen molar-refractivity contribution in [3.63, 3.8) is 0 Å². The Bertz CT molecular complexity index is 472. The topological polar surface area (TPSA) is 72.6 Å². The largest absolute Gasteiger partial charge is 0.482 e. The molecule has 1 N–H and O–H groups in total. The number of hydrogen-bond acceptors (Lipinski definition) is 4. The van der Waals surface area contributed by atoms with E-state index in [1.165, 1.54) is 12.1 Å². The summed E-state index contributed by atoms with van der Waals surface area (Å²) in [7, 11) is 0. The van der Waals surface area contributed by atoms with Crippen molar-refractivity contribution in [3.05, 3.63) is 34.1 Å². The number of ether oxygens (including phenoxy) is 1. The maximum atomic E-state index is 13.6. The molecule has 1 aliphatic rings. The lowest BCUT2D eigenvalue weighted by molar-refractivity contribution is -0.386. The number of nitrogens with zero attached hydrogens (tertiary/aromatic N) is 1. The van der Waals surface area contributed by atoms with Crippen LogP contribution in [-0.4, -0.2) is 22.2 Å². The number of rotatable bonds is 4. The molecule has 0 heterocycles. The Hall–Kier alpha value is -1.69. The minimum Gasteiger partial charge on any atom is -0.482 e. The van der Waals surface area contributed by atoms with Gasteiger partial charge in [0, 0.05) is 6.07 Å². The summed E-state index contributed by atoms with van der Waals surface area (Å²) < 4.78 is 18.8. The highest BCUT2D eigenvalue weighted by Gasteiger charge is 2.31. The highest BCUT2D eigenvalue weighted by Crippen LogP contribution is 2.33. The Morgan fingerprint density at radius 1 is 1.37 bits per heavy atom. The summed E-state index contributed by atoms with van der Waals surface area (Å²) in [5.74, 6) is -1.18. The van der Waals surface area contributed by atoms with E-state index in [1.54, 1.807) is 0 Å². The van der Waals surface area contributed by atoms with Gasteiger partial charge in [-0.05, 0) is 18.9 Å². The van der Waals surface area contributed by atoms with Crippen LogP contribution < -0.4 is 4.74 Å². The molecule has 1 aliphatic carbocycles. The van der Waals surface area contributed by atoms with E-state index in [2.05, 4.69) is 0 Å². The predicted octanol–water partition coefficient (Wildman–Crippen LogP) is 2.81. The summed E-state index contributed by atoms with van der Waals surface area (Å²) in [6, 6.07) is 3.55. The van der Waals surface area contributed by atoms with Crippen LogP contribution in [0, 0.1) is 15.9 Å². The van der Waals surface area contributed by atoms with Gasteiger partial charge < -0.3 is 9.84 Å². The third kappa shape index (κ3) is 3.20. The molecule has 5 nitrogen and oxygen atoms in total. The average Bonchev–Trinajstić information content (AvgIpc) is 2.38. The third-order valence-corrected chi connectivity index (χ3v) is 3.41. The van der Waals surface area contributed by atoms with Crippen molar-refractivity contribution in [1.82, 2.24) is 0 Å². The third-order valence-electron chi connectivity index (χ3n) is 3.41. The molecule has 0 saturated heterocycles. The van der Waals surface area contributed by atoms with Crippen LogP contribution in [0.15, 0.2) is 18.2 Å². The van der Waals surface area contributed by atoms with Crippen LogP contribution in [0.4, 0.5) is 10.1 Å². The highest BCUT2D eigenvalue weighted by molar-refractivity contribution is 5.46. The normalized spacial score (nSPS) is 18.0. The first kappa shape index (κ1) is 13.7. The number of aliphatic hydroxyl groups is 1. The first-order valence-corrected chi connectivity index (χ1v) is 6.30. The smallest absolute Gasteiger partial charge is 0.314 e. The van der Waals surface area contributed by atoms with E-state index >= 15 is 0 Å². The van der Waals surface area contributed by atoms with Crippen LogP contribution in [0.3, 0.4) is 0 Å². The number of benzene rings is 1. The molecular weight excluding hydrogens is 253 g/mol. The zero-order valence-corrected chi connectivity index (χ0v) is 10.5. The maximum Gasteiger partial charge on any atom is 0.314 e. The van der Waals surface area contributed by atoms with Crippen LogP contribution in [0.5, 0.6) is 5.75 Å². The van der Waals surface area contributed by atoms with E-state index in [0.29, 0.717) is 12.8 Å². The molecule has 0 aliphatic heterocycles. The van der Waals surface area contributed by atoms with E-state index in [0.717, 1.165) is 25.3 Å². The Kier molecular flexibility index (Phi) is 3.99. The van der Waals surface area contributed by atoms with Crippen LogP contribution >= 0.6 is 0 Å². The number of nitro benzene ring substituents is 1. The van der Waals surface area contributed by atoms with Gasteiger partial charge in [0.15, 0.2) is 5.82 Å². The molecule has 6 heteroatoms. The van der Waals surface area contributed by atoms with Gasteiger partial charge in [-0.25, -0.2) is 4.39 Å². The molecule has 0 aromatic heterocycles. The predicted molar refractivity (Wildman–Crippen MR) is 66.6 cm³/mol. The van der Waals surface area contributed by atoms with E-state index in [9.17, 15) is 19.6 Å². The lowest BCUT2D eigenvalue weighted by Gasteiger charge is -2.31. The van der Waals surface area contributed by atoms with Crippen molar-refractivity contribution < 1.29 is 19.2 Å². The van der Waals surface area contributed by atoms with Gasteiger partial charge in [0.1, 0.15) is 6.61 Å².